The first kappa shape index (κ1) is 28.0. The SMILES string of the molecule is CC(NC(=O)C(c1ccc(O)c(B2OC(C)(C)C(C)(C)O2)c1)N(C)C(=O)OCc1ccccc1)C(=O)O. The summed E-state index contributed by atoms with van der Waals surface area (Å²) in [4.78, 5) is 38.6. The highest BCUT2D eigenvalue weighted by Crippen LogP contribution is 2.37. The van der Waals surface area contributed by atoms with Gasteiger partial charge in [0.25, 0.3) is 0 Å². The van der Waals surface area contributed by atoms with Gasteiger partial charge in [0, 0.05) is 12.5 Å². The van der Waals surface area contributed by atoms with Crippen molar-refractivity contribution in [3.05, 3.63) is 59.7 Å². The van der Waals surface area contributed by atoms with E-state index >= 15 is 0 Å². The van der Waals surface area contributed by atoms with Gasteiger partial charge in [-0.25, -0.2) is 4.79 Å². The maximum Gasteiger partial charge on any atom is 0.498 e. The van der Waals surface area contributed by atoms with Crippen molar-refractivity contribution in [3.8, 4) is 5.75 Å². The van der Waals surface area contributed by atoms with Crippen LogP contribution in [0.5, 0.6) is 5.75 Å². The van der Waals surface area contributed by atoms with E-state index in [1.54, 1.807) is 12.1 Å². The van der Waals surface area contributed by atoms with Crippen molar-refractivity contribution in [2.45, 2.75) is 64.5 Å². The van der Waals surface area contributed by atoms with Gasteiger partial charge in [-0.15, -0.1) is 0 Å². The lowest BCUT2D eigenvalue weighted by atomic mass is 9.77. The third kappa shape index (κ3) is 6.23. The monoisotopic (exact) mass is 512 g/mol. The second-order valence-corrected chi connectivity index (χ2v) is 10.0. The van der Waals surface area contributed by atoms with Crippen molar-refractivity contribution in [2.24, 2.45) is 0 Å². The highest BCUT2D eigenvalue weighted by atomic mass is 16.7. The first-order valence-electron chi connectivity index (χ1n) is 11.9. The lowest BCUT2D eigenvalue weighted by Gasteiger charge is -2.32. The molecule has 2 atom stereocenters. The Labute approximate surface area is 216 Å². The van der Waals surface area contributed by atoms with Crippen LogP contribution in [0, 0.1) is 0 Å². The number of carbonyl (C=O) groups excluding carboxylic acids is 2. The fraction of sp³-hybridized carbons (Fsp3) is 0.423. The van der Waals surface area contributed by atoms with Crippen LogP contribution in [-0.4, -0.2) is 64.5 Å². The molecule has 2 unspecified atom stereocenters. The molecule has 0 saturated carbocycles. The standard InChI is InChI=1S/C26H33BN2O8/c1-16(23(32)33)28-22(31)21(29(6)24(34)35-15-17-10-8-7-9-11-17)18-12-13-20(30)19(14-18)27-36-25(2,3)26(4,5)37-27/h7-14,16,21,30H,15H2,1-6H3,(H,28,31)(H,32,33). The number of amides is 2. The van der Waals surface area contributed by atoms with Crippen LogP contribution in [0.15, 0.2) is 48.5 Å². The first-order chi connectivity index (χ1) is 17.2. The number of aliphatic carboxylic acids is 1. The molecule has 198 valence electrons. The van der Waals surface area contributed by atoms with Crippen molar-refractivity contribution in [1.29, 1.82) is 0 Å². The smallest absolute Gasteiger partial charge is 0.498 e. The largest absolute Gasteiger partial charge is 0.508 e. The summed E-state index contributed by atoms with van der Waals surface area (Å²) in [5.41, 5.74) is -0.0157. The van der Waals surface area contributed by atoms with Gasteiger partial charge < -0.3 is 29.6 Å². The van der Waals surface area contributed by atoms with Gasteiger partial charge in [0.2, 0.25) is 5.91 Å². The second kappa shape index (κ2) is 10.8. The Bertz CT molecular complexity index is 1140. The van der Waals surface area contributed by atoms with Gasteiger partial charge in [0.15, 0.2) is 0 Å². The summed E-state index contributed by atoms with van der Waals surface area (Å²) >= 11 is 0. The van der Waals surface area contributed by atoms with Gasteiger partial charge in [-0.3, -0.25) is 14.5 Å². The summed E-state index contributed by atoms with van der Waals surface area (Å²) < 4.78 is 17.5. The molecule has 2 amide bonds. The van der Waals surface area contributed by atoms with Gasteiger partial charge in [0.05, 0.1) is 11.2 Å². The highest BCUT2D eigenvalue weighted by Gasteiger charge is 2.52. The third-order valence-corrected chi connectivity index (χ3v) is 6.73. The van der Waals surface area contributed by atoms with Crippen LogP contribution in [0.4, 0.5) is 4.79 Å². The third-order valence-electron chi connectivity index (χ3n) is 6.73. The number of rotatable bonds is 8. The number of carboxylic acid groups (broad SMARTS) is 1. The Balaban J connectivity index is 1.93. The van der Waals surface area contributed by atoms with Crippen LogP contribution in [0.2, 0.25) is 0 Å². The van der Waals surface area contributed by atoms with E-state index in [-0.39, 0.29) is 17.8 Å². The summed E-state index contributed by atoms with van der Waals surface area (Å²) in [6, 6.07) is 10.9. The zero-order valence-corrected chi connectivity index (χ0v) is 21.8. The molecule has 1 heterocycles. The number of aromatic hydroxyl groups is 1. The molecule has 2 aromatic carbocycles. The van der Waals surface area contributed by atoms with E-state index in [1.165, 1.54) is 32.2 Å². The van der Waals surface area contributed by atoms with E-state index in [9.17, 15) is 24.6 Å². The van der Waals surface area contributed by atoms with Gasteiger partial charge in [-0.1, -0.05) is 42.5 Å². The van der Waals surface area contributed by atoms with Crippen molar-refractivity contribution in [1.82, 2.24) is 10.2 Å². The molecule has 3 N–H and O–H groups in total. The van der Waals surface area contributed by atoms with E-state index in [0.29, 0.717) is 5.56 Å². The van der Waals surface area contributed by atoms with Crippen molar-refractivity contribution >= 4 is 30.6 Å². The number of nitrogens with zero attached hydrogens (tertiary/aromatic N) is 1. The number of carbonyl (C=O) groups is 3. The Kier molecular flexibility index (Phi) is 8.19. The predicted octanol–water partition coefficient (Wildman–Crippen LogP) is 2.59. The minimum atomic E-state index is -1.27. The number of phenolic OH excluding ortho intramolecular Hbond substituents is 1. The van der Waals surface area contributed by atoms with Crippen molar-refractivity contribution in [2.75, 3.05) is 7.05 Å². The Hall–Kier alpha value is -3.57. The van der Waals surface area contributed by atoms with Gasteiger partial charge in [-0.05, 0) is 51.8 Å². The number of carboxylic acids is 1. The highest BCUT2D eigenvalue weighted by molar-refractivity contribution is 6.63. The molecule has 3 rings (SSSR count). The lowest BCUT2D eigenvalue weighted by Crippen LogP contribution is -2.47. The minimum absolute atomic E-state index is 0.0152. The molecule has 2 aromatic rings. The number of benzene rings is 2. The molecule has 37 heavy (non-hydrogen) atoms. The molecule has 0 aromatic heterocycles. The Morgan fingerprint density at radius 2 is 1.65 bits per heavy atom. The van der Waals surface area contributed by atoms with Crippen LogP contribution in [0.1, 0.15) is 51.8 Å². The van der Waals surface area contributed by atoms with E-state index in [0.717, 1.165) is 10.5 Å². The second-order valence-electron chi connectivity index (χ2n) is 10.0. The number of hydrogen-bond acceptors (Lipinski definition) is 7. The molecule has 1 fully saturated rings. The van der Waals surface area contributed by atoms with Gasteiger partial charge >= 0.3 is 19.2 Å². The molecular formula is C26H33BN2O8. The number of nitrogens with one attached hydrogen (secondary N) is 1. The summed E-state index contributed by atoms with van der Waals surface area (Å²) in [7, 11) is 0.451. The van der Waals surface area contributed by atoms with Crippen LogP contribution in [0.25, 0.3) is 0 Å². The van der Waals surface area contributed by atoms with Gasteiger partial charge in [-0.2, -0.15) is 0 Å². The quantitative estimate of drug-likeness (QED) is 0.460. The number of hydrogen-bond donors (Lipinski definition) is 3. The molecule has 0 radical (unpaired) electrons. The van der Waals surface area contributed by atoms with Crippen LogP contribution < -0.4 is 10.8 Å². The van der Waals surface area contributed by atoms with Gasteiger partial charge in [0.1, 0.15) is 24.4 Å². The average molecular weight is 512 g/mol. The van der Waals surface area contributed by atoms with E-state index in [1.807, 2.05) is 45.9 Å². The first-order valence-corrected chi connectivity index (χ1v) is 11.9. The summed E-state index contributed by atoms with van der Waals surface area (Å²) in [6.07, 6.45) is -0.794. The molecule has 1 aliphatic rings. The summed E-state index contributed by atoms with van der Waals surface area (Å²) in [5.74, 6) is -2.08. The maximum atomic E-state index is 13.3. The van der Waals surface area contributed by atoms with Crippen LogP contribution in [-0.2, 0) is 30.2 Å². The Morgan fingerprint density at radius 3 is 2.22 bits per heavy atom. The minimum Gasteiger partial charge on any atom is -0.508 e. The van der Waals surface area contributed by atoms with Crippen molar-refractivity contribution in [3.63, 3.8) is 0 Å². The molecule has 1 saturated heterocycles. The molecular weight excluding hydrogens is 479 g/mol. The van der Waals surface area contributed by atoms with E-state index in [2.05, 4.69) is 5.32 Å². The topological polar surface area (TPSA) is 135 Å². The predicted molar refractivity (Wildman–Crippen MR) is 136 cm³/mol. The number of likely N-dealkylation sites (N-methyl/N-ethyl adjacent to an activating group) is 1. The zero-order valence-electron chi connectivity index (χ0n) is 21.8. The Morgan fingerprint density at radius 1 is 1.05 bits per heavy atom. The van der Waals surface area contributed by atoms with E-state index < -0.39 is 48.4 Å². The zero-order chi connectivity index (χ0) is 27.5. The lowest BCUT2D eigenvalue weighted by molar-refractivity contribution is -0.142. The molecule has 0 bridgehead atoms. The molecule has 10 nitrogen and oxygen atoms in total. The van der Waals surface area contributed by atoms with Crippen molar-refractivity contribution < 1.29 is 38.6 Å². The summed E-state index contributed by atoms with van der Waals surface area (Å²) in [6.45, 7) is 8.78. The summed E-state index contributed by atoms with van der Waals surface area (Å²) in [5, 5.41) is 22.3. The fourth-order valence-corrected chi connectivity index (χ4v) is 3.73. The number of ether oxygens (including phenoxy) is 1. The average Bonchev–Trinajstić information content (AvgIpc) is 3.05. The molecule has 0 aliphatic carbocycles. The van der Waals surface area contributed by atoms with Crippen LogP contribution in [0.3, 0.4) is 0 Å². The molecule has 1 aliphatic heterocycles. The van der Waals surface area contributed by atoms with Crippen LogP contribution >= 0.6 is 0 Å². The fourth-order valence-electron chi connectivity index (χ4n) is 3.73. The number of phenols is 1. The normalized spacial score (nSPS) is 17.5. The van der Waals surface area contributed by atoms with E-state index in [4.69, 9.17) is 14.0 Å². The maximum absolute atomic E-state index is 13.3. The molecule has 0 spiro atoms. The molecule has 11 heteroatoms.